The van der Waals surface area contributed by atoms with Crippen LogP contribution in [0.5, 0.6) is 17.2 Å². The topological polar surface area (TPSA) is 77.1 Å². The fraction of sp³-hybridized carbons (Fsp3) is 0.364. The highest BCUT2D eigenvalue weighted by Crippen LogP contribution is 2.34. The van der Waals surface area contributed by atoms with Crippen molar-refractivity contribution in [2.75, 3.05) is 19.9 Å². The summed E-state index contributed by atoms with van der Waals surface area (Å²) in [6.07, 6.45) is 0.364. The number of amides is 3. The molecule has 1 atom stereocenters. The van der Waals surface area contributed by atoms with Gasteiger partial charge >= 0.3 is 6.03 Å². The number of nitrogens with zero attached hydrogens (tertiary/aromatic N) is 1. The molecule has 7 nitrogen and oxygen atoms in total. The zero-order valence-electron chi connectivity index (χ0n) is 16.8. The van der Waals surface area contributed by atoms with Gasteiger partial charge in [0.25, 0.3) is 5.91 Å². The standard InChI is InChI=1S/C22H24N2O5/c1-14-8-15(2)10-17(9-14)27-7-6-24-20(25)22(3,23-21(24)26)12-16-4-5-18-19(11-16)29-13-28-18/h4-5,8-11H,6-7,12-13H2,1-3H3,(H,23,26)/t22-/m0/s1. The third-order valence-electron chi connectivity index (χ3n) is 5.12. The fourth-order valence-electron chi connectivity index (χ4n) is 3.80. The van der Waals surface area contributed by atoms with Crippen LogP contribution in [-0.4, -0.2) is 42.3 Å². The van der Waals surface area contributed by atoms with Gasteiger partial charge < -0.3 is 19.5 Å². The quantitative estimate of drug-likeness (QED) is 0.760. The first-order valence-corrected chi connectivity index (χ1v) is 9.58. The molecule has 0 aromatic heterocycles. The Balaban J connectivity index is 1.40. The van der Waals surface area contributed by atoms with Gasteiger partial charge in [0.2, 0.25) is 6.79 Å². The summed E-state index contributed by atoms with van der Waals surface area (Å²) in [5.41, 5.74) is 2.08. The first-order chi connectivity index (χ1) is 13.8. The second-order valence-corrected chi connectivity index (χ2v) is 7.76. The highest BCUT2D eigenvalue weighted by atomic mass is 16.7. The molecule has 0 unspecified atom stereocenters. The third kappa shape index (κ3) is 3.85. The van der Waals surface area contributed by atoms with E-state index in [0.29, 0.717) is 17.9 Å². The Hall–Kier alpha value is -3.22. The monoisotopic (exact) mass is 396 g/mol. The van der Waals surface area contributed by atoms with Gasteiger partial charge in [-0.1, -0.05) is 12.1 Å². The van der Waals surface area contributed by atoms with E-state index in [2.05, 4.69) is 11.4 Å². The van der Waals surface area contributed by atoms with Crippen LogP contribution in [0.25, 0.3) is 0 Å². The Morgan fingerprint density at radius 3 is 2.55 bits per heavy atom. The second kappa shape index (κ2) is 7.31. The van der Waals surface area contributed by atoms with E-state index in [0.717, 1.165) is 22.4 Å². The van der Waals surface area contributed by atoms with Crippen molar-refractivity contribution in [3.63, 3.8) is 0 Å². The Kier molecular flexibility index (Phi) is 4.82. The van der Waals surface area contributed by atoms with Crippen molar-refractivity contribution >= 4 is 11.9 Å². The molecule has 3 amide bonds. The zero-order chi connectivity index (χ0) is 20.6. The fourth-order valence-corrected chi connectivity index (χ4v) is 3.80. The van der Waals surface area contributed by atoms with E-state index >= 15 is 0 Å². The molecule has 2 aromatic carbocycles. The van der Waals surface area contributed by atoms with Gasteiger partial charge in [0.1, 0.15) is 17.9 Å². The van der Waals surface area contributed by atoms with Crippen LogP contribution in [0.2, 0.25) is 0 Å². The average molecular weight is 396 g/mol. The summed E-state index contributed by atoms with van der Waals surface area (Å²) in [5, 5.41) is 2.82. The molecule has 0 aliphatic carbocycles. The van der Waals surface area contributed by atoms with Crippen molar-refractivity contribution in [1.82, 2.24) is 10.2 Å². The number of rotatable bonds is 6. The minimum atomic E-state index is -1.01. The SMILES string of the molecule is Cc1cc(C)cc(OCCN2C(=O)N[C@@](C)(Cc3ccc4c(c3)OCO4)C2=O)c1. The van der Waals surface area contributed by atoms with Crippen molar-refractivity contribution in [3.05, 3.63) is 53.1 Å². The maximum Gasteiger partial charge on any atom is 0.325 e. The van der Waals surface area contributed by atoms with Crippen molar-refractivity contribution in [2.24, 2.45) is 0 Å². The molecule has 1 fully saturated rings. The largest absolute Gasteiger partial charge is 0.492 e. The van der Waals surface area contributed by atoms with Crippen molar-refractivity contribution < 1.29 is 23.8 Å². The molecule has 1 N–H and O–H groups in total. The van der Waals surface area contributed by atoms with Crippen LogP contribution in [0.1, 0.15) is 23.6 Å². The summed E-state index contributed by atoms with van der Waals surface area (Å²) in [4.78, 5) is 26.6. The van der Waals surface area contributed by atoms with E-state index in [4.69, 9.17) is 14.2 Å². The van der Waals surface area contributed by atoms with Crippen LogP contribution < -0.4 is 19.5 Å². The lowest BCUT2D eigenvalue weighted by atomic mass is 9.92. The number of fused-ring (bicyclic) bond motifs is 1. The highest BCUT2D eigenvalue weighted by molar-refractivity contribution is 6.07. The Morgan fingerprint density at radius 2 is 1.79 bits per heavy atom. The van der Waals surface area contributed by atoms with E-state index in [1.807, 2.05) is 44.2 Å². The maximum absolute atomic E-state index is 13.0. The number of hydrogen-bond donors (Lipinski definition) is 1. The molecule has 152 valence electrons. The van der Waals surface area contributed by atoms with Crippen LogP contribution in [0.4, 0.5) is 4.79 Å². The average Bonchev–Trinajstić information content (AvgIpc) is 3.18. The van der Waals surface area contributed by atoms with E-state index in [1.165, 1.54) is 4.90 Å². The number of carbonyl (C=O) groups excluding carboxylic acids is 2. The molecule has 7 heteroatoms. The van der Waals surface area contributed by atoms with Gasteiger partial charge in [-0.05, 0) is 61.7 Å². The summed E-state index contributed by atoms with van der Waals surface area (Å²) in [6, 6.07) is 11.1. The number of aryl methyl sites for hydroxylation is 2. The van der Waals surface area contributed by atoms with E-state index < -0.39 is 11.6 Å². The van der Waals surface area contributed by atoms with Crippen LogP contribution in [-0.2, 0) is 11.2 Å². The summed E-state index contributed by atoms with van der Waals surface area (Å²) in [6.45, 7) is 6.36. The predicted octanol–water partition coefficient (Wildman–Crippen LogP) is 2.96. The molecule has 2 aromatic rings. The minimum absolute atomic E-state index is 0.189. The first-order valence-electron chi connectivity index (χ1n) is 9.58. The van der Waals surface area contributed by atoms with Crippen molar-refractivity contribution in [3.8, 4) is 17.2 Å². The lowest BCUT2D eigenvalue weighted by molar-refractivity contribution is -0.131. The molecule has 0 saturated carbocycles. The van der Waals surface area contributed by atoms with Gasteiger partial charge in [0.15, 0.2) is 11.5 Å². The lowest BCUT2D eigenvalue weighted by Crippen LogP contribution is -2.46. The molecule has 4 rings (SSSR count). The number of imide groups is 1. The molecule has 0 spiro atoms. The summed E-state index contributed by atoms with van der Waals surface area (Å²) in [7, 11) is 0. The van der Waals surface area contributed by atoms with Gasteiger partial charge in [0, 0.05) is 6.42 Å². The van der Waals surface area contributed by atoms with Crippen LogP contribution >= 0.6 is 0 Å². The van der Waals surface area contributed by atoms with Crippen molar-refractivity contribution in [2.45, 2.75) is 32.7 Å². The Bertz CT molecular complexity index is 953. The number of carbonyl (C=O) groups is 2. The van der Waals surface area contributed by atoms with Crippen LogP contribution in [0, 0.1) is 13.8 Å². The summed E-state index contributed by atoms with van der Waals surface area (Å²) < 4.78 is 16.5. The van der Waals surface area contributed by atoms with E-state index in [9.17, 15) is 9.59 Å². The minimum Gasteiger partial charge on any atom is -0.492 e. The molecule has 1 saturated heterocycles. The Labute approximate surface area is 169 Å². The van der Waals surface area contributed by atoms with Gasteiger partial charge in [-0.25, -0.2) is 4.79 Å². The molecular formula is C22H24N2O5. The smallest absolute Gasteiger partial charge is 0.325 e. The van der Waals surface area contributed by atoms with Gasteiger partial charge in [-0.2, -0.15) is 0 Å². The number of urea groups is 1. The molecule has 2 heterocycles. The zero-order valence-corrected chi connectivity index (χ0v) is 16.8. The van der Waals surface area contributed by atoms with Gasteiger partial charge in [-0.3, -0.25) is 9.69 Å². The first kappa shape index (κ1) is 19.1. The lowest BCUT2D eigenvalue weighted by Gasteiger charge is -2.22. The van der Waals surface area contributed by atoms with Crippen molar-refractivity contribution in [1.29, 1.82) is 0 Å². The molecule has 2 aliphatic heterocycles. The van der Waals surface area contributed by atoms with Gasteiger partial charge in [0.05, 0.1) is 6.54 Å². The number of hydrogen-bond acceptors (Lipinski definition) is 5. The molecule has 0 bridgehead atoms. The number of ether oxygens (including phenoxy) is 3. The molecule has 0 radical (unpaired) electrons. The van der Waals surface area contributed by atoms with Crippen LogP contribution in [0.3, 0.4) is 0 Å². The number of nitrogens with one attached hydrogen (secondary N) is 1. The summed E-state index contributed by atoms with van der Waals surface area (Å²) >= 11 is 0. The van der Waals surface area contributed by atoms with E-state index in [-0.39, 0.29) is 25.9 Å². The van der Waals surface area contributed by atoms with E-state index in [1.54, 1.807) is 6.92 Å². The molecule has 2 aliphatic rings. The molecular weight excluding hydrogens is 372 g/mol. The normalized spacial score (nSPS) is 20.2. The van der Waals surface area contributed by atoms with Crippen LogP contribution in [0.15, 0.2) is 36.4 Å². The number of benzene rings is 2. The third-order valence-corrected chi connectivity index (χ3v) is 5.12. The predicted molar refractivity (Wildman–Crippen MR) is 106 cm³/mol. The summed E-state index contributed by atoms with van der Waals surface area (Å²) in [5.74, 6) is 1.81. The second-order valence-electron chi connectivity index (χ2n) is 7.76. The Morgan fingerprint density at radius 1 is 1.07 bits per heavy atom. The maximum atomic E-state index is 13.0. The van der Waals surface area contributed by atoms with Gasteiger partial charge in [-0.15, -0.1) is 0 Å². The molecule has 29 heavy (non-hydrogen) atoms. The highest BCUT2D eigenvalue weighted by Gasteiger charge is 2.47.